The van der Waals surface area contributed by atoms with Gasteiger partial charge in [-0.25, -0.2) is 0 Å². The van der Waals surface area contributed by atoms with Crippen LogP contribution in [0.25, 0.3) is 0 Å². The molecule has 2 aromatic heterocycles. The van der Waals surface area contributed by atoms with Gasteiger partial charge in [0.25, 0.3) is 0 Å². The van der Waals surface area contributed by atoms with Crippen molar-refractivity contribution in [1.29, 1.82) is 0 Å². The fraction of sp³-hybridized carbons (Fsp3) is 0.357. The first kappa shape index (κ1) is 12.8. The van der Waals surface area contributed by atoms with Gasteiger partial charge in [0.15, 0.2) is 5.82 Å². The Hall–Kier alpha value is -2.21. The Labute approximate surface area is 117 Å². The molecule has 0 spiro atoms. The van der Waals surface area contributed by atoms with Crippen molar-refractivity contribution in [3.05, 3.63) is 42.4 Å². The van der Waals surface area contributed by atoms with Crippen molar-refractivity contribution >= 4 is 11.7 Å². The van der Waals surface area contributed by atoms with Gasteiger partial charge in [0.1, 0.15) is 0 Å². The molecule has 1 amide bonds. The average Bonchev–Trinajstić information content (AvgIpc) is 3.11. The maximum Gasteiger partial charge on any atom is 0.230 e. The van der Waals surface area contributed by atoms with Gasteiger partial charge in [0, 0.05) is 31.2 Å². The third kappa shape index (κ3) is 3.03. The third-order valence-electron chi connectivity index (χ3n) is 3.42. The molecule has 1 atom stereocenters. The minimum Gasteiger partial charge on any atom is -0.316 e. The minimum atomic E-state index is 0.0455. The van der Waals surface area contributed by atoms with Crippen LogP contribution in [0.3, 0.4) is 0 Å². The molecule has 1 saturated heterocycles. The maximum absolute atomic E-state index is 12.0. The predicted molar refractivity (Wildman–Crippen MR) is 75.2 cm³/mol. The van der Waals surface area contributed by atoms with Crippen LogP contribution in [0.15, 0.2) is 36.8 Å². The van der Waals surface area contributed by atoms with E-state index < -0.39 is 0 Å². The minimum absolute atomic E-state index is 0.0455. The lowest BCUT2D eigenvalue weighted by Crippen LogP contribution is -2.24. The van der Waals surface area contributed by atoms with Crippen molar-refractivity contribution in [3.8, 4) is 0 Å². The number of pyridine rings is 1. The molecule has 1 unspecified atom stereocenters. The molecule has 6 nitrogen and oxygen atoms in total. The first-order valence-corrected chi connectivity index (χ1v) is 6.75. The molecule has 2 N–H and O–H groups in total. The van der Waals surface area contributed by atoms with Gasteiger partial charge in [-0.05, 0) is 30.7 Å². The van der Waals surface area contributed by atoms with Crippen LogP contribution >= 0.6 is 0 Å². The number of hydrogen-bond donors (Lipinski definition) is 2. The standard InChI is InChI=1S/C14H17N5O/c20-14(12-3-7-16-9-12)17-13-4-8-19(18-13)10-11-1-5-15-6-2-11/h1-2,4-6,8,12,16H,3,7,9-10H2,(H,17,18,20). The van der Waals surface area contributed by atoms with Crippen LogP contribution in [0, 0.1) is 5.92 Å². The van der Waals surface area contributed by atoms with Gasteiger partial charge in [-0.2, -0.15) is 5.10 Å². The summed E-state index contributed by atoms with van der Waals surface area (Å²) in [5.41, 5.74) is 1.13. The van der Waals surface area contributed by atoms with Crippen molar-refractivity contribution in [2.24, 2.45) is 5.92 Å². The lowest BCUT2D eigenvalue weighted by atomic mass is 10.1. The summed E-state index contributed by atoms with van der Waals surface area (Å²) >= 11 is 0. The molecule has 0 saturated carbocycles. The molecule has 0 radical (unpaired) electrons. The molecule has 3 rings (SSSR count). The summed E-state index contributed by atoms with van der Waals surface area (Å²) < 4.78 is 1.80. The predicted octanol–water partition coefficient (Wildman–Crippen LogP) is 0.874. The first-order valence-electron chi connectivity index (χ1n) is 6.75. The van der Waals surface area contributed by atoms with Gasteiger partial charge in [-0.3, -0.25) is 14.5 Å². The second-order valence-electron chi connectivity index (χ2n) is 4.93. The molecule has 20 heavy (non-hydrogen) atoms. The molecule has 6 heteroatoms. The zero-order valence-corrected chi connectivity index (χ0v) is 11.1. The topological polar surface area (TPSA) is 71.8 Å². The number of nitrogens with one attached hydrogen (secondary N) is 2. The molecular weight excluding hydrogens is 254 g/mol. The molecule has 1 aliphatic heterocycles. The lowest BCUT2D eigenvalue weighted by Gasteiger charge is -2.07. The molecule has 0 bridgehead atoms. The van der Waals surface area contributed by atoms with E-state index in [1.165, 1.54) is 0 Å². The van der Waals surface area contributed by atoms with Gasteiger partial charge in [0.05, 0.1) is 12.5 Å². The fourth-order valence-electron chi connectivity index (χ4n) is 2.30. The molecular formula is C14H17N5O. The fourth-order valence-corrected chi connectivity index (χ4v) is 2.30. The van der Waals surface area contributed by atoms with E-state index in [1.807, 2.05) is 24.4 Å². The number of nitrogens with zero attached hydrogens (tertiary/aromatic N) is 3. The van der Waals surface area contributed by atoms with E-state index in [0.717, 1.165) is 25.1 Å². The Morgan fingerprint density at radius 1 is 1.40 bits per heavy atom. The molecule has 0 aliphatic carbocycles. The van der Waals surface area contributed by atoms with E-state index in [2.05, 4.69) is 20.7 Å². The van der Waals surface area contributed by atoms with E-state index in [-0.39, 0.29) is 11.8 Å². The highest BCUT2D eigenvalue weighted by Gasteiger charge is 2.22. The molecule has 104 valence electrons. The smallest absolute Gasteiger partial charge is 0.230 e. The summed E-state index contributed by atoms with van der Waals surface area (Å²) in [5.74, 6) is 0.709. The van der Waals surface area contributed by atoms with Crippen LogP contribution in [0.5, 0.6) is 0 Å². The number of carbonyl (C=O) groups is 1. The van der Waals surface area contributed by atoms with E-state index in [0.29, 0.717) is 12.4 Å². The van der Waals surface area contributed by atoms with Crippen LogP contribution in [0.2, 0.25) is 0 Å². The van der Waals surface area contributed by atoms with E-state index in [9.17, 15) is 4.79 Å². The van der Waals surface area contributed by atoms with Crippen LogP contribution in [0.1, 0.15) is 12.0 Å². The monoisotopic (exact) mass is 271 g/mol. The summed E-state index contributed by atoms with van der Waals surface area (Å²) in [6, 6.07) is 5.72. The lowest BCUT2D eigenvalue weighted by molar-refractivity contribution is -0.119. The van der Waals surface area contributed by atoms with Crippen LogP contribution in [-0.4, -0.2) is 33.8 Å². The van der Waals surface area contributed by atoms with Crippen molar-refractivity contribution in [2.45, 2.75) is 13.0 Å². The highest BCUT2D eigenvalue weighted by Crippen LogP contribution is 2.12. The van der Waals surface area contributed by atoms with E-state index in [1.54, 1.807) is 17.1 Å². The van der Waals surface area contributed by atoms with Crippen molar-refractivity contribution in [1.82, 2.24) is 20.1 Å². The van der Waals surface area contributed by atoms with Gasteiger partial charge >= 0.3 is 0 Å². The third-order valence-corrected chi connectivity index (χ3v) is 3.42. The summed E-state index contributed by atoms with van der Waals surface area (Å²) in [6.45, 7) is 2.33. The zero-order chi connectivity index (χ0) is 13.8. The second-order valence-corrected chi connectivity index (χ2v) is 4.93. The molecule has 1 fully saturated rings. The van der Waals surface area contributed by atoms with Gasteiger partial charge in [-0.15, -0.1) is 0 Å². The average molecular weight is 271 g/mol. The number of carbonyl (C=O) groups excluding carboxylic acids is 1. The number of amides is 1. The summed E-state index contributed by atoms with van der Waals surface area (Å²) in [5, 5.41) is 10.4. The Morgan fingerprint density at radius 2 is 2.25 bits per heavy atom. The number of hydrogen-bond acceptors (Lipinski definition) is 4. The number of anilines is 1. The van der Waals surface area contributed by atoms with Crippen LogP contribution < -0.4 is 10.6 Å². The normalized spacial score (nSPS) is 18.1. The Kier molecular flexibility index (Phi) is 3.73. The summed E-state index contributed by atoms with van der Waals surface area (Å²) in [7, 11) is 0. The van der Waals surface area contributed by atoms with Gasteiger partial charge in [0.2, 0.25) is 5.91 Å². The Morgan fingerprint density at radius 3 is 3.00 bits per heavy atom. The van der Waals surface area contributed by atoms with E-state index in [4.69, 9.17) is 0 Å². The van der Waals surface area contributed by atoms with Gasteiger partial charge < -0.3 is 10.6 Å². The highest BCUT2D eigenvalue weighted by atomic mass is 16.2. The Bertz CT molecular complexity index is 574. The van der Waals surface area contributed by atoms with E-state index >= 15 is 0 Å². The number of aromatic nitrogens is 3. The zero-order valence-electron chi connectivity index (χ0n) is 11.1. The van der Waals surface area contributed by atoms with Crippen molar-refractivity contribution < 1.29 is 4.79 Å². The second kappa shape index (κ2) is 5.83. The maximum atomic E-state index is 12.0. The van der Waals surface area contributed by atoms with Crippen molar-refractivity contribution in [2.75, 3.05) is 18.4 Å². The Balaban J connectivity index is 1.60. The largest absolute Gasteiger partial charge is 0.316 e. The number of rotatable bonds is 4. The van der Waals surface area contributed by atoms with Crippen LogP contribution in [0.4, 0.5) is 5.82 Å². The highest BCUT2D eigenvalue weighted by molar-refractivity contribution is 5.91. The molecule has 2 aromatic rings. The molecule has 0 aromatic carbocycles. The first-order chi connectivity index (χ1) is 9.81. The SMILES string of the molecule is O=C(Nc1ccn(Cc2ccncc2)n1)C1CCNC1. The molecule has 3 heterocycles. The van der Waals surface area contributed by atoms with Gasteiger partial charge in [-0.1, -0.05) is 0 Å². The molecule has 1 aliphatic rings. The van der Waals surface area contributed by atoms with Crippen LogP contribution in [-0.2, 0) is 11.3 Å². The van der Waals surface area contributed by atoms with Crippen molar-refractivity contribution in [3.63, 3.8) is 0 Å². The summed E-state index contributed by atoms with van der Waals surface area (Å²) in [6.07, 6.45) is 6.27. The quantitative estimate of drug-likeness (QED) is 0.865. The summed E-state index contributed by atoms with van der Waals surface area (Å²) in [4.78, 5) is 16.0.